The Balaban J connectivity index is 2.13. The molecule has 0 aliphatic carbocycles. The van der Waals surface area contributed by atoms with Gasteiger partial charge in [-0.25, -0.2) is 4.39 Å². The van der Waals surface area contributed by atoms with Crippen molar-refractivity contribution in [2.45, 2.75) is 6.42 Å². The predicted octanol–water partition coefficient (Wildman–Crippen LogP) is 2.16. The van der Waals surface area contributed by atoms with Crippen LogP contribution in [0.25, 0.3) is 0 Å². The highest BCUT2D eigenvalue weighted by molar-refractivity contribution is 6.33. The van der Waals surface area contributed by atoms with Gasteiger partial charge in [-0.3, -0.25) is 4.79 Å². The zero-order chi connectivity index (χ0) is 13.1. The topological polar surface area (TPSA) is 32.3 Å². The lowest BCUT2D eigenvalue weighted by molar-refractivity contribution is 0.0783. The minimum Gasteiger partial charge on any atom is -0.338 e. The molecule has 0 radical (unpaired) electrons. The molecule has 5 heteroatoms. The molecular weight excluding hydrogens is 255 g/mol. The van der Waals surface area contributed by atoms with E-state index in [1.807, 2.05) is 7.05 Å². The fourth-order valence-corrected chi connectivity index (χ4v) is 2.58. The van der Waals surface area contributed by atoms with Crippen LogP contribution in [-0.4, -0.2) is 37.5 Å². The van der Waals surface area contributed by atoms with E-state index in [0.29, 0.717) is 19.0 Å². The first kappa shape index (κ1) is 13.3. The second-order valence-corrected chi connectivity index (χ2v) is 4.97. The van der Waals surface area contributed by atoms with Crippen LogP contribution in [0.5, 0.6) is 0 Å². The summed E-state index contributed by atoms with van der Waals surface area (Å²) >= 11 is 5.90. The lowest BCUT2D eigenvalue weighted by Crippen LogP contribution is -2.31. The number of likely N-dealkylation sites (tertiary alicyclic amines) is 1. The summed E-state index contributed by atoms with van der Waals surface area (Å²) in [6.45, 7) is 2.19. The van der Waals surface area contributed by atoms with Crippen LogP contribution in [0.2, 0.25) is 5.02 Å². The fourth-order valence-electron chi connectivity index (χ4n) is 2.33. The first-order chi connectivity index (χ1) is 8.63. The Hall–Kier alpha value is -1.13. The average Bonchev–Trinajstić information content (AvgIpc) is 2.78. The normalized spacial score (nSPS) is 19.3. The molecule has 3 nitrogen and oxygen atoms in total. The largest absolute Gasteiger partial charge is 0.338 e. The van der Waals surface area contributed by atoms with Crippen LogP contribution in [0.4, 0.5) is 4.39 Å². The van der Waals surface area contributed by atoms with E-state index in [4.69, 9.17) is 11.6 Å². The van der Waals surface area contributed by atoms with Crippen LogP contribution >= 0.6 is 11.6 Å². The summed E-state index contributed by atoms with van der Waals surface area (Å²) in [7, 11) is 1.89. The average molecular weight is 271 g/mol. The van der Waals surface area contributed by atoms with Gasteiger partial charge in [0.25, 0.3) is 5.91 Å². The Labute approximate surface area is 111 Å². The van der Waals surface area contributed by atoms with Crippen molar-refractivity contribution in [3.63, 3.8) is 0 Å². The van der Waals surface area contributed by atoms with E-state index in [2.05, 4.69) is 5.32 Å². The van der Waals surface area contributed by atoms with Gasteiger partial charge in [0.15, 0.2) is 0 Å². The van der Waals surface area contributed by atoms with Crippen molar-refractivity contribution in [3.8, 4) is 0 Å². The van der Waals surface area contributed by atoms with Gasteiger partial charge in [0.05, 0.1) is 10.6 Å². The maximum Gasteiger partial charge on any atom is 0.258 e. The SMILES string of the molecule is CNCC1CCN(C(=O)c2c(F)cccc2Cl)C1. The highest BCUT2D eigenvalue weighted by atomic mass is 35.5. The van der Waals surface area contributed by atoms with E-state index in [9.17, 15) is 9.18 Å². The monoisotopic (exact) mass is 270 g/mol. The Morgan fingerprint density at radius 3 is 3.06 bits per heavy atom. The standard InChI is InChI=1S/C13H16ClFN2O/c1-16-7-9-5-6-17(8-9)13(18)12-10(14)3-2-4-11(12)15/h2-4,9,16H,5-8H2,1H3. The second-order valence-electron chi connectivity index (χ2n) is 4.56. The minimum atomic E-state index is -0.551. The smallest absolute Gasteiger partial charge is 0.258 e. The third-order valence-corrected chi connectivity index (χ3v) is 3.56. The molecule has 1 heterocycles. The van der Waals surface area contributed by atoms with Crippen molar-refractivity contribution in [1.82, 2.24) is 10.2 Å². The zero-order valence-corrected chi connectivity index (χ0v) is 11.0. The highest BCUT2D eigenvalue weighted by Crippen LogP contribution is 2.24. The lowest BCUT2D eigenvalue weighted by Gasteiger charge is -2.17. The molecule has 1 aliphatic heterocycles. The molecule has 2 rings (SSSR count). The van der Waals surface area contributed by atoms with E-state index < -0.39 is 5.82 Å². The van der Waals surface area contributed by atoms with Crippen LogP contribution in [-0.2, 0) is 0 Å². The molecule has 1 N–H and O–H groups in total. The summed E-state index contributed by atoms with van der Waals surface area (Å²) in [6, 6.07) is 4.31. The van der Waals surface area contributed by atoms with E-state index in [1.165, 1.54) is 12.1 Å². The molecule has 1 aromatic carbocycles. The number of hydrogen-bond acceptors (Lipinski definition) is 2. The van der Waals surface area contributed by atoms with Crippen molar-refractivity contribution in [3.05, 3.63) is 34.6 Å². The summed E-state index contributed by atoms with van der Waals surface area (Å²) in [5.74, 6) is -0.425. The molecule has 98 valence electrons. The van der Waals surface area contributed by atoms with Crippen LogP contribution in [0.1, 0.15) is 16.8 Å². The molecule has 1 atom stereocenters. The number of hydrogen-bond donors (Lipinski definition) is 1. The molecule has 1 aliphatic rings. The summed E-state index contributed by atoms with van der Waals surface area (Å²) in [4.78, 5) is 13.9. The number of benzene rings is 1. The quantitative estimate of drug-likeness (QED) is 0.913. The Morgan fingerprint density at radius 1 is 1.61 bits per heavy atom. The number of carbonyl (C=O) groups excluding carboxylic acids is 1. The molecule has 1 aromatic rings. The number of amides is 1. The Morgan fingerprint density at radius 2 is 2.39 bits per heavy atom. The second kappa shape index (κ2) is 5.67. The van der Waals surface area contributed by atoms with Crippen LogP contribution in [0.3, 0.4) is 0 Å². The van der Waals surface area contributed by atoms with Crippen molar-refractivity contribution in [2.24, 2.45) is 5.92 Å². The van der Waals surface area contributed by atoms with Crippen molar-refractivity contribution in [1.29, 1.82) is 0 Å². The van der Waals surface area contributed by atoms with Gasteiger partial charge in [0, 0.05) is 13.1 Å². The third kappa shape index (κ3) is 2.65. The van der Waals surface area contributed by atoms with E-state index in [-0.39, 0.29) is 16.5 Å². The molecule has 0 spiro atoms. The van der Waals surface area contributed by atoms with Crippen molar-refractivity contribution in [2.75, 3.05) is 26.7 Å². The molecule has 18 heavy (non-hydrogen) atoms. The zero-order valence-electron chi connectivity index (χ0n) is 10.2. The first-order valence-electron chi connectivity index (χ1n) is 6.01. The van der Waals surface area contributed by atoms with Gasteiger partial charge in [0.1, 0.15) is 5.82 Å². The predicted molar refractivity (Wildman–Crippen MR) is 69.3 cm³/mol. The highest BCUT2D eigenvalue weighted by Gasteiger charge is 2.29. The molecule has 0 saturated carbocycles. The van der Waals surface area contributed by atoms with E-state index in [1.54, 1.807) is 11.0 Å². The number of carbonyl (C=O) groups is 1. The molecule has 1 fully saturated rings. The molecule has 1 amide bonds. The van der Waals surface area contributed by atoms with E-state index in [0.717, 1.165) is 13.0 Å². The first-order valence-corrected chi connectivity index (χ1v) is 6.39. The third-order valence-electron chi connectivity index (χ3n) is 3.24. The molecule has 0 aromatic heterocycles. The van der Waals surface area contributed by atoms with Crippen LogP contribution < -0.4 is 5.32 Å². The molecule has 0 bridgehead atoms. The number of halogens is 2. The number of nitrogens with zero attached hydrogens (tertiary/aromatic N) is 1. The summed E-state index contributed by atoms with van der Waals surface area (Å²) in [5.41, 5.74) is -0.00993. The summed E-state index contributed by atoms with van der Waals surface area (Å²) in [5, 5.41) is 3.27. The molecule has 1 saturated heterocycles. The minimum absolute atomic E-state index is 0.00993. The lowest BCUT2D eigenvalue weighted by atomic mass is 10.1. The van der Waals surface area contributed by atoms with Gasteiger partial charge >= 0.3 is 0 Å². The Bertz CT molecular complexity index is 432. The van der Waals surface area contributed by atoms with Gasteiger partial charge in [0.2, 0.25) is 0 Å². The van der Waals surface area contributed by atoms with Gasteiger partial charge in [-0.2, -0.15) is 0 Å². The van der Waals surface area contributed by atoms with Gasteiger partial charge < -0.3 is 10.2 Å². The fraction of sp³-hybridized carbons (Fsp3) is 0.462. The Kier molecular flexibility index (Phi) is 4.19. The number of nitrogens with one attached hydrogen (secondary N) is 1. The maximum absolute atomic E-state index is 13.7. The van der Waals surface area contributed by atoms with Gasteiger partial charge in [-0.15, -0.1) is 0 Å². The molecule has 1 unspecified atom stereocenters. The van der Waals surface area contributed by atoms with E-state index >= 15 is 0 Å². The summed E-state index contributed by atoms with van der Waals surface area (Å²) in [6.07, 6.45) is 0.943. The molecular formula is C13H16ClFN2O. The van der Waals surface area contributed by atoms with Gasteiger partial charge in [-0.05, 0) is 38.1 Å². The number of rotatable bonds is 3. The maximum atomic E-state index is 13.7. The van der Waals surface area contributed by atoms with Crippen molar-refractivity contribution >= 4 is 17.5 Å². The van der Waals surface area contributed by atoms with Crippen LogP contribution in [0, 0.1) is 11.7 Å². The van der Waals surface area contributed by atoms with Crippen molar-refractivity contribution < 1.29 is 9.18 Å². The van der Waals surface area contributed by atoms with Crippen LogP contribution in [0.15, 0.2) is 18.2 Å². The van der Waals surface area contributed by atoms with Gasteiger partial charge in [-0.1, -0.05) is 17.7 Å². The summed E-state index contributed by atoms with van der Waals surface area (Å²) < 4.78 is 13.7.